The van der Waals surface area contributed by atoms with Crippen molar-refractivity contribution in [1.29, 1.82) is 0 Å². The van der Waals surface area contributed by atoms with Gasteiger partial charge in [0.25, 0.3) is 0 Å². The molecular weight excluding hydrogens is 311 g/mol. The Bertz CT molecular complexity index is 736. The van der Waals surface area contributed by atoms with E-state index in [0.717, 1.165) is 13.1 Å². The first-order valence-corrected chi connectivity index (χ1v) is 7.84. The first-order chi connectivity index (χ1) is 11.7. The van der Waals surface area contributed by atoms with E-state index in [1.807, 2.05) is 11.8 Å². The van der Waals surface area contributed by atoms with Crippen LogP contribution in [-0.4, -0.2) is 62.1 Å². The first-order valence-electron chi connectivity index (χ1n) is 7.84. The molecule has 126 valence electrons. The third kappa shape index (κ3) is 3.65. The molecule has 1 aliphatic rings. The van der Waals surface area contributed by atoms with Gasteiger partial charge < -0.3 is 4.90 Å². The van der Waals surface area contributed by atoms with Crippen LogP contribution >= 0.6 is 0 Å². The van der Waals surface area contributed by atoms with Crippen molar-refractivity contribution in [3.05, 3.63) is 48.1 Å². The fraction of sp³-hybridized carbons (Fsp3) is 0.375. The maximum absolute atomic E-state index is 13.4. The van der Waals surface area contributed by atoms with Crippen molar-refractivity contribution < 1.29 is 9.18 Å². The summed E-state index contributed by atoms with van der Waals surface area (Å²) in [6.45, 7) is 5.23. The fourth-order valence-electron chi connectivity index (χ4n) is 2.69. The number of hydrogen-bond donors (Lipinski definition) is 0. The number of carbonyl (C=O) groups is 1. The monoisotopic (exact) mass is 330 g/mol. The highest BCUT2D eigenvalue weighted by atomic mass is 19.1. The normalized spacial score (nSPS) is 16.0. The Morgan fingerprint density at radius 2 is 2.08 bits per heavy atom. The lowest BCUT2D eigenvalue weighted by Gasteiger charge is -2.33. The molecule has 1 amide bonds. The predicted molar refractivity (Wildman–Crippen MR) is 85.8 cm³/mol. The van der Waals surface area contributed by atoms with E-state index in [2.05, 4.69) is 20.4 Å². The molecule has 3 rings (SSSR count). The number of halogens is 1. The molecule has 0 aliphatic carbocycles. The zero-order valence-corrected chi connectivity index (χ0v) is 13.5. The van der Waals surface area contributed by atoms with Gasteiger partial charge in [0.15, 0.2) is 5.82 Å². The number of rotatable bonds is 4. The molecule has 0 N–H and O–H groups in total. The summed E-state index contributed by atoms with van der Waals surface area (Å²) < 4.78 is 14.9. The quantitative estimate of drug-likeness (QED) is 0.783. The van der Waals surface area contributed by atoms with Crippen molar-refractivity contribution in [2.75, 3.05) is 26.2 Å². The average Bonchev–Trinajstić information content (AvgIpc) is 3.04. The molecule has 0 saturated carbocycles. The Labute approximate surface area is 139 Å². The predicted octanol–water partition coefficient (Wildman–Crippen LogP) is 1.02. The van der Waals surface area contributed by atoms with Crippen LogP contribution in [0.4, 0.5) is 4.39 Å². The van der Waals surface area contributed by atoms with E-state index in [0.29, 0.717) is 31.1 Å². The Hall–Kier alpha value is -2.61. The van der Waals surface area contributed by atoms with E-state index in [1.54, 1.807) is 29.0 Å². The molecule has 1 aromatic carbocycles. The third-order valence-electron chi connectivity index (χ3n) is 3.95. The van der Waals surface area contributed by atoms with E-state index >= 15 is 0 Å². The molecule has 2 heterocycles. The zero-order valence-electron chi connectivity index (χ0n) is 13.5. The number of nitrogens with zero attached hydrogens (tertiary/aromatic N) is 6. The molecule has 1 aliphatic heterocycles. The van der Waals surface area contributed by atoms with E-state index < -0.39 is 0 Å². The third-order valence-corrected chi connectivity index (χ3v) is 3.95. The second-order valence-electron chi connectivity index (χ2n) is 5.59. The summed E-state index contributed by atoms with van der Waals surface area (Å²) in [5.41, 5.74) is 0.594. The highest BCUT2D eigenvalue weighted by Gasteiger charge is 2.21. The maximum atomic E-state index is 13.4. The molecule has 1 fully saturated rings. The Balaban J connectivity index is 1.64. The summed E-state index contributed by atoms with van der Waals surface area (Å²) in [6, 6.07) is 6.17. The van der Waals surface area contributed by atoms with E-state index in [9.17, 15) is 9.18 Å². The van der Waals surface area contributed by atoms with Gasteiger partial charge in [-0.25, -0.2) is 4.39 Å². The summed E-state index contributed by atoms with van der Waals surface area (Å²) in [5, 5.41) is 11.7. The molecular formula is C16H19FN6O. The Kier molecular flexibility index (Phi) is 4.95. The average molecular weight is 330 g/mol. The molecule has 2 aromatic rings. The fourth-order valence-corrected chi connectivity index (χ4v) is 2.69. The van der Waals surface area contributed by atoms with Gasteiger partial charge in [-0.2, -0.15) is 4.68 Å². The SMILES string of the molecule is C/C=C\C(=O)N1CCN(Cc2nnnn2-c2cccc(F)c2)CC1. The van der Waals surface area contributed by atoms with Gasteiger partial charge in [-0.15, -0.1) is 5.10 Å². The lowest BCUT2D eigenvalue weighted by atomic mass is 10.3. The van der Waals surface area contributed by atoms with Crippen LogP contribution in [0.3, 0.4) is 0 Å². The van der Waals surface area contributed by atoms with E-state index in [1.165, 1.54) is 12.1 Å². The molecule has 1 saturated heterocycles. The van der Waals surface area contributed by atoms with Crippen LogP contribution in [0.5, 0.6) is 0 Å². The van der Waals surface area contributed by atoms with Gasteiger partial charge in [0, 0.05) is 26.2 Å². The Morgan fingerprint density at radius 3 is 2.79 bits per heavy atom. The molecule has 0 bridgehead atoms. The number of benzene rings is 1. The Morgan fingerprint density at radius 1 is 1.29 bits per heavy atom. The van der Waals surface area contributed by atoms with Crippen molar-refractivity contribution in [1.82, 2.24) is 30.0 Å². The number of carbonyl (C=O) groups excluding carboxylic acids is 1. The summed E-state index contributed by atoms with van der Waals surface area (Å²) in [5.74, 6) is 0.362. The minimum Gasteiger partial charge on any atom is -0.337 e. The standard InChI is InChI=1S/C16H19FN6O/c1-2-4-16(24)22-9-7-21(8-10-22)12-15-18-19-20-23(15)14-6-3-5-13(17)11-14/h2-6,11H,7-10,12H2,1H3/b4-2-. The summed E-state index contributed by atoms with van der Waals surface area (Å²) in [6.07, 6.45) is 3.34. The van der Waals surface area contributed by atoms with Crippen LogP contribution in [-0.2, 0) is 11.3 Å². The molecule has 7 nitrogen and oxygen atoms in total. The van der Waals surface area contributed by atoms with Gasteiger partial charge >= 0.3 is 0 Å². The highest BCUT2D eigenvalue weighted by molar-refractivity contribution is 5.87. The van der Waals surface area contributed by atoms with Crippen molar-refractivity contribution in [2.24, 2.45) is 0 Å². The van der Waals surface area contributed by atoms with E-state index in [-0.39, 0.29) is 11.7 Å². The smallest absolute Gasteiger partial charge is 0.246 e. The molecule has 1 aromatic heterocycles. The van der Waals surface area contributed by atoms with Crippen molar-refractivity contribution in [3.63, 3.8) is 0 Å². The van der Waals surface area contributed by atoms with Crippen molar-refractivity contribution in [2.45, 2.75) is 13.5 Å². The zero-order chi connectivity index (χ0) is 16.9. The van der Waals surface area contributed by atoms with Gasteiger partial charge in [-0.1, -0.05) is 12.1 Å². The molecule has 8 heteroatoms. The molecule has 0 radical (unpaired) electrons. The number of hydrogen-bond acceptors (Lipinski definition) is 5. The largest absolute Gasteiger partial charge is 0.337 e. The van der Waals surface area contributed by atoms with Gasteiger partial charge in [0.1, 0.15) is 5.82 Å². The number of allylic oxidation sites excluding steroid dienone is 1. The van der Waals surface area contributed by atoms with Gasteiger partial charge in [-0.3, -0.25) is 9.69 Å². The maximum Gasteiger partial charge on any atom is 0.246 e. The van der Waals surface area contributed by atoms with Crippen molar-refractivity contribution in [3.8, 4) is 5.69 Å². The molecule has 0 spiro atoms. The number of amides is 1. The van der Waals surface area contributed by atoms with Crippen molar-refractivity contribution >= 4 is 5.91 Å². The number of aromatic nitrogens is 4. The topological polar surface area (TPSA) is 67.2 Å². The van der Waals surface area contributed by atoms with Gasteiger partial charge in [0.2, 0.25) is 5.91 Å². The minimum atomic E-state index is -0.329. The molecule has 0 atom stereocenters. The molecule has 24 heavy (non-hydrogen) atoms. The second kappa shape index (κ2) is 7.31. The number of piperazine rings is 1. The lowest BCUT2D eigenvalue weighted by Crippen LogP contribution is -2.48. The summed E-state index contributed by atoms with van der Waals surface area (Å²) in [4.78, 5) is 15.8. The number of tetrazole rings is 1. The van der Waals surface area contributed by atoms with Crippen LogP contribution < -0.4 is 0 Å². The summed E-state index contributed by atoms with van der Waals surface area (Å²) in [7, 11) is 0. The lowest BCUT2D eigenvalue weighted by molar-refractivity contribution is -0.127. The minimum absolute atomic E-state index is 0.0433. The van der Waals surface area contributed by atoms with Crippen LogP contribution in [0.2, 0.25) is 0 Å². The van der Waals surface area contributed by atoms with Gasteiger partial charge in [0.05, 0.1) is 12.2 Å². The second-order valence-corrected chi connectivity index (χ2v) is 5.59. The van der Waals surface area contributed by atoms with Crippen LogP contribution in [0, 0.1) is 5.82 Å². The molecule has 0 unspecified atom stereocenters. The van der Waals surface area contributed by atoms with Gasteiger partial charge in [-0.05, 0) is 41.6 Å². The van der Waals surface area contributed by atoms with Crippen LogP contribution in [0.15, 0.2) is 36.4 Å². The van der Waals surface area contributed by atoms with Crippen LogP contribution in [0.1, 0.15) is 12.7 Å². The summed E-state index contributed by atoms with van der Waals surface area (Å²) >= 11 is 0. The van der Waals surface area contributed by atoms with E-state index in [4.69, 9.17) is 0 Å². The highest BCUT2D eigenvalue weighted by Crippen LogP contribution is 2.12. The van der Waals surface area contributed by atoms with Crippen LogP contribution in [0.25, 0.3) is 5.69 Å². The first kappa shape index (κ1) is 16.3.